The summed E-state index contributed by atoms with van der Waals surface area (Å²) in [5.41, 5.74) is 4.04. The van der Waals surface area contributed by atoms with Crippen LogP contribution in [0.15, 0.2) is 78.2 Å². The molecule has 28 heavy (non-hydrogen) atoms. The Morgan fingerprint density at radius 1 is 0.857 bits per heavy atom. The summed E-state index contributed by atoms with van der Waals surface area (Å²) in [7, 11) is 0. The molecule has 1 aromatic heterocycles. The van der Waals surface area contributed by atoms with Crippen molar-refractivity contribution in [1.82, 2.24) is 4.98 Å². The van der Waals surface area contributed by atoms with Gasteiger partial charge in [0.15, 0.2) is 0 Å². The highest BCUT2D eigenvalue weighted by Crippen LogP contribution is 2.30. The number of anilines is 1. The van der Waals surface area contributed by atoms with Gasteiger partial charge in [-0.25, -0.2) is 4.98 Å². The number of rotatable bonds is 4. The Balaban J connectivity index is 1.50. The first kappa shape index (κ1) is 18.7. The number of benzene rings is 3. The number of carbonyl (C=O) groups excluding carboxylic acids is 1. The smallest absolute Gasteiger partial charge is 0.257 e. The Bertz CT molecular complexity index is 1120. The van der Waals surface area contributed by atoms with Gasteiger partial charge >= 0.3 is 0 Å². The van der Waals surface area contributed by atoms with E-state index in [0.29, 0.717) is 21.3 Å². The van der Waals surface area contributed by atoms with Crippen molar-refractivity contribution in [2.24, 2.45) is 0 Å². The van der Waals surface area contributed by atoms with Crippen LogP contribution in [0.25, 0.3) is 21.8 Å². The molecule has 1 N–H and O–H groups in total. The third-order valence-electron chi connectivity index (χ3n) is 4.15. The molecule has 1 amide bonds. The molecule has 0 radical (unpaired) electrons. The second-order valence-electron chi connectivity index (χ2n) is 6.06. The van der Waals surface area contributed by atoms with Crippen LogP contribution < -0.4 is 5.32 Å². The standard InChI is InChI=1S/C22H14Cl2N2OS/c23-16-9-5-15(6-10-16)22-26-20(13-28-22)14-7-11-17(12-8-14)25-21(27)18-3-1-2-4-19(18)24/h1-13H,(H,25,27). The summed E-state index contributed by atoms with van der Waals surface area (Å²) >= 11 is 13.6. The van der Waals surface area contributed by atoms with Crippen LogP contribution in [0.1, 0.15) is 10.4 Å². The number of carbonyl (C=O) groups is 1. The molecule has 3 nitrogen and oxygen atoms in total. The van der Waals surface area contributed by atoms with Crippen LogP contribution in [0.3, 0.4) is 0 Å². The third-order valence-corrected chi connectivity index (χ3v) is 5.63. The number of aromatic nitrogens is 1. The highest BCUT2D eigenvalue weighted by atomic mass is 35.5. The molecule has 0 atom stereocenters. The van der Waals surface area contributed by atoms with Crippen LogP contribution in [0.4, 0.5) is 5.69 Å². The lowest BCUT2D eigenvalue weighted by molar-refractivity contribution is 0.102. The van der Waals surface area contributed by atoms with Crippen molar-refractivity contribution in [2.75, 3.05) is 5.32 Å². The minimum Gasteiger partial charge on any atom is -0.322 e. The van der Waals surface area contributed by atoms with E-state index in [0.717, 1.165) is 21.8 Å². The van der Waals surface area contributed by atoms with Crippen LogP contribution in [0, 0.1) is 0 Å². The molecule has 0 bridgehead atoms. The van der Waals surface area contributed by atoms with E-state index in [1.165, 1.54) is 0 Å². The van der Waals surface area contributed by atoms with E-state index < -0.39 is 0 Å². The first-order valence-electron chi connectivity index (χ1n) is 8.48. The lowest BCUT2D eigenvalue weighted by Gasteiger charge is -2.07. The van der Waals surface area contributed by atoms with Gasteiger partial charge in [0.2, 0.25) is 0 Å². The van der Waals surface area contributed by atoms with Gasteiger partial charge in [-0.05, 0) is 36.4 Å². The highest BCUT2D eigenvalue weighted by molar-refractivity contribution is 7.13. The van der Waals surface area contributed by atoms with Crippen LogP contribution in [0.5, 0.6) is 0 Å². The molecule has 0 saturated heterocycles. The number of thiazole rings is 1. The summed E-state index contributed by atoms with van der Waals surface area (Å²) in [6, 6.07) is 22.2. The third kappa shape index (κ3) is 4.09. The molecular formula is C22H14Cl2N2OS. The highest BCUT2D eigenvalue weighted by Gasteiger charge is 2.11. The van der Waals surface area contributed by atoms with Gasteiger partial charge in [0.25, 0.3) is 5.91 Å². The van der Waals surface area contributed by atoms with Crippen molar-refractivity contribution in [3.63, 3.8) is 0 Å². The van der Waals surface area contributed by atoms with Crippen molar-refractivity contribution in [3.05, 3.63) is 93.8 Å². The molecule has 0 unspecified atom stereocenters. The number of hydrogen-bond acceptors (Lipinski definition) is 3. The van der Waals surface area contributed by atoms with Crippen LogP contribution in [-0.2, 0) is 0 Å². The zero-order chi connectivity index (χ0) is 19.5. The second kappa shape index (κ2) is 8.15. The fourth-order valence-corrected chi connectivity index (χ4v) is 3.88. The Labute approximate surface area is 176 Å². The predicted octanol–water partition coefficient (Wildman–Crippen LogP) is 7.04. The average molecular weight is 425 g/mol. The number of amides is 1. The molecule has 0 aliphatic heterocycles. The van der Waals surface area contributed by atoms with E-state index in [4.69, 9.17) is 28.2 Å². The monoisotopic (exact) mass is 424 g/mol. The first-order valence-corrected chi connectivity index (χ1v) is 10.1. The maximum absolute atomic E-state index is 12.4. The largest absolute Gasteiger partial charge is 0.322 e. The molecule has 0 aliphatic rings. The second-order valence-corrected chi connectivity index (χ2v) is 7.76. The van der Waals surface area contributed by atoms with Gasteiger partial charge in [0.1, 0.15) is 5.01 Å². The van der Waals surface area contributed by atoms with Crippen LogP contribution in [-0.4, -0.2) is 10.9 Å². The average Bonchev–Trinajstić information content (AvgIpc) is 3.19. The molecule has 6 heteroatoms. The van der Waals surface area contributed by atoms with Crippen molar-refractivity contribution < 1.29 is 4.79 Å². The Hall–Kier alpha value is -2.66. The SMILES string of the molecule is O=C(Nc1ccc(-c2csc(-c3ccc(Cl)cc3)n2)cc1)c1ccccc1Cl. The molecule has 1 heterocycles. The van der Waals surface area contributed by atoms with Crippen molar-refractivity contribution in [3.8, 4) is 21.8 Å². The van der Waals surface area contributed by atoms with Gasteiger partial charge in [0, 0.05) is 27.2 Å². The molecule has 3 aromatic carbocycles. The summed E-state index contributed by atoms with van der Waals surface area (Å²) in [5.74, 6) is -0.239. The normalized spacial score (nSPS) is 10.6. The van der Waals surface area contributed by atoms with Crippen LogP contribution in [0.2, 0.25) is 10.0 Å². The fraction of sp³-hybridized carbons (Fsp3) is 0. The van der Waals surface area contributed by atoms with Crippen molar-refractivity contribution in [1.29, 1.82) is 0 Å². The Kier molecular flexibility index (Phi) is 5.44. The van der Waals surface area contributed by atoms with E-state index >= 15 is 0 Å². The molecule has 138 valence electrons. The van der Waals surface area contributed by atoms with Crippen LogP contribution >= 0.6 is 34.5 Å². The molecular weight excluding hydrogens is 411 g/mol. The predicted molar refractivity (Wildman–Crippen MR) is 117 cm³/mol. The number of nitrogens with zero attached hydrogens (tertiary/aromatic N) is 1. The molecule has 0 spiro atoms. The van der Waals surface area contributed by atoms with E-state index in [1.807, 2.05) is 53.9 Å². The maximum atomic E-state index is 12.4. The zero-order valence-electron chi connectivity index (χ0n) is 14.5. The molecule has 4 aromatic rings. The van der Waals surface area contributed by atoms with E-state index in [-0.39, 0.29) is 5.91 Å². The van der Waals surface area contributed by atoms with E-state index in [1.54, 1.807) is 35.6 Å². The van der Waals surface area contributed by atoms with Gasteiger partial charge in [0.05, 0.1) is 16.3 Å². The summed E-state index contributed by atoms with van der Waals surface area (Å²) < 4.78 is 0. The zero-order valence-corrected chi connectivity index (χ0v) is 16.9. The number of halogens is 2. The topological polar surface area (TPSA) is 42.0 Å². The lowest BCUT2D eigenvalue weighted by atomic mass is 10.1. The summed E-state index contributed by atoms with van der Waals surface area (Å²) in [6.45, 7) is 0. The van der Waals surface area contributed by atoms with Gasteiger partial charge < -0.3 is 5.32 Å². The minimum absolute atomic E-state index is 0.239. The molecule has 0 aliphatic carbocycles. The summed E-state index contributed by atoms with van der Waals surface area (Å²) in [5, 5.41) is 6.94. The van der Waals surface area contributed by atoms with Gasteiger partial charge in [-0.2, -0.15) is 0 Å². The quantitative estimate of drug-likeness (QED) is 0.381. The minimum atomic E-state index is -0.239. The molecule has 4 rings (SSSR count). The number of nitrogens with one attached hydrogen (secondary N) is 1. The fourth-order valence-electron chi connectivity index (χ4n) is 2.70. The first-order chi connectivity index (χ1) is 13.6. The molecule has 0 saturated carbocycles. The summed E-state index contributed by atoms with van der Waals surface area (Å²) in [6.07, 6.45) is 0. The maximum Gasteiger partial charge on any atom is 0.257 e. The van der Waals surface area contributed by atoms with E-state index in [2.05, 4.69) is 5.32 Å². The van der Waals surface area contributed by atoms with E-state index in [9.17, 15) is 4.79 Å². The summed E-state index contributed by atoms with van der Waals surface area (Å²) in [4.78, 5) is 17.1. The van der Waals surface area contributed by atoms with Gasteiger partial charge in [-0.15, -0.1) is 11.3 Å². The lowest BCUT2D eigenvalue weighted by Crippen LogP contribution is -2.12. The van der Waals surface area contributed by atoms with Gasteiger partial charge in [-0.1, -0.05) is 59.6 Å². The Morgan fingerprint density at radius 2 is 1.54 bits per heavy atom. The Morgan fingerprint density at radius 3 is 2.25 bits per heavy atom. The number of hydrogen-bond donors (Lipinski definition) is 1. The molecule has 0 fully saturated rings. The van der Waals surface area contributed by atoms with Crippen molar-refractivity contribution in [2.45, 2.75) is 0 Å². The van der Waals surface area contributed by atoms with Gasteiger partial charge in [-0.3, -0.25) is 4.79 Å². The van der Waals surface area contributed by atoms with Crippen molar-refractivity contribution >= 4 is 46.1 Å².